The number of halogens is 1. The molecule has 0 saturated heterocycles. The Kier molecular flexibility index (Phi) is 6.23. The SMILES string of the molecule is COC(=O)N(Cc1ccccc1)c1cnc(-n2nc(Cc3ccccc3F)c3ncccc32)nc1N. The highest BCUT2D eigenvalue weighted by Crippen LogP contribution is 2.26. The van der Waals surface area contributed by atoms with Gasteiger partial charge in [-0.3, -0.25) is 9.88 Å². The molecule has 0 unspecified atom stereocenters. The van der Waals surface area contributed by atoms with Crippen LogP contribution in [0.15, 0.2) is 79.1 Å². The molecule has 180 valence electrons. The molecule has 1 amide bonds. The van der Waals surface area contributed by atoms with E-state index in [1.54, 1.807) is 30.5 Å². The molecule has 0 spiro atoms. The largest absolute Gasteiger partial charge is 0.452 e. The number of nitrogens with zero attached hydrogens (tertiary/aromatic N) is 6. The van der Waals surface area contributed by atoms with Crippen LogP contribution in [-0.2, 0) is 17.7 Å². The van der Waals surface area contributed by atoms with Gasteiger partial charge < -0.3 is 10.5 Å². The molecule has 36 heavy (non-hydrogen) atoms. The molecule has 10 heteroatoms. The van der Waals surface area contributed by atoms with Gasteiger partial charge in [0.25, 0.3) is 5.95 Å². The van der Waals surface area contributed by atoms with Crippen LogP contribution in [0.4, 0.5) is 20.7 Å². The van der Waals surface area contributed by atoms with Crippen LogP contribution in [-0.4, -0.2) is 37.9 Å². The van der Waals surface area contributed by atoms with Gasteiger partial charge in [0.2, 0.25) is 0 Å². The molecular weight excluding hydrogens is 461 g/mol. The van der Waals surface area contributed by atoms with Gasteiger partial charge in [0.15, 0.2) is 5.82 Å². The highest BCUT2D eigenvalue weighted by Gasteiger charge is 2.22. The summed E-state index contributed by atoms with van der Waals surface area (Å²) in [5, 5.41) is 4.63. The molecular formula is C26H22FN7O2. The average molecular weight is 484 g/mol. The third-order valence-electron chi connectivity index (χ3n) is 5.67. The highest BCUT2D eigenvalue weighted by molar-refractivity contribution is 5.90. The van der Waals surface area contributed by atoms with Crippen LogP contribution >= 0.6 is 0 Å². The standard InChI is InChI=1S/C26H22FN7O2/c1-36-26(35)33(16-17-8-3-2-4-9-17)22-15-30-25(31-24(22)28)34-21-12-7-13-29-23(21)20(32-34)14-18-10-5-6-11-19(18)27/h2-13,15H,14,16H2,1H3,(H2,28,30,31). The predicted octanol–water partition coefficient (Wildman–Crippen LogP) is 4.30. The average Bonchev–Trinajstić information content (AvgIpc) is 3.27. The maximum Gasteiger partial charge on any atom is 0.414 e. The number of hydrogen-bond acceptors (Lipinski definition) is 7. The lowest BCUT2D eigenvalue weighted by molar-refractivity contribution is 0.178. The molecule has 9 nitrogen and oxygen atoms in total. The maximum absolute atomic E-state index is 14.3. The molecule has 0 bridgehead atoms. The smallest absolute Gasteiger partial charge is 0.414 e. The summed E-state index contributed by atoms with van der Waals surface area (Å²) >= 11 is 0. The lowest BCUT2D eigenvalue weighted by Crippen LogP contribution is -2.31. The number of hydrogen-bond donors (Lipinski definition) is 1. The third kappa shape index (κ3) is 4.43. The van der Waals surface area contributed by atoms with Crippen LogP contribution in [0.3, 0.4) is 0 Å². The molecule has 0 atom stereocenters. The van der Waals surface area contributed by atoms with Crippen LogP contribution in [0.5, 0.6) is 0 Å². The summed E-state index contributed by atoms with van der Waals surface area (Å²) in [6, 6.07) is 19.6. The number of rotatable bonds is 6. The van der Waals surface area contributed by atoms with Gasteiger partial charge in [0.1, 0.15) is 17.0 Å². The minimum atomic E-state index is -0.595. The minimum absolute atomic E-state index is 0.0736. The van der Waals surface area contributed by atoms with Crippen LogP contribution < -0.4 is 10.6 Å². The lowest BCUT2D eigenvalue weighted by Gasteiger charge is -2.22. The van der Waals surface area contributed by atoms with Crippen molar-refractivity contribution in [3.05, 3.63) is 102 Å². The Hall–Kier alpha value is -4.86. The van der Waals surface area contributed by atoms with Gasteiger partial charge in [-0.05, 0) is 29.3 Å². The second-order valence-electron chi connectivity index (χ2n) is 7.98. The monoisotopic (exact) mass is 483 g/mol. The van der Waals surface area contributed by atoms with E-state index < -0.39 is 6.09 Å². The fourth-order valence-electron chi connectivity index (χ4n) is 3.92. The molecule has 5 aromatic rings. The van der Waals surface area contributed by atoms with Gasteiger partial charge in [0.05, 0.1) is 31.1 Å². The van der Waals surface area contributed by atoms with Crippen molar-refractivity contribution in [1.82, 2.24) is 24.7 Å². The number of carbonyl (C=O) groups is 1. The van der Waals surface area contributed by atoms with Gasteiger partial charge >= 0.3 is 6.09 Å². The number of amides is 1. The molecule has 5 rings (SSSR count). The topological polar surface area (TPSA) is 112 Å². The Bertz CT molecular complexity index is 1540. The number of anilines is 2. The number of fused-ring (bicyclic) bond motifs is 1. The zero-order valence-corrected chi connectivity index (χ0v) is 19.4. The first-order valence-electron chi connectivity index (χ1n) is 11.1. The first-order valence-corrected chi connectivity index (χ1v) is 11.1. The normalized spacial score (nSPS) is 10.9. The molecule has 0 saturated carbocycles. The zero-order chi connectivity index (χ0) is 25.1. The highest BCUT2D eigenvalue weighted by atomic mass is 19.1. The van der Waals surface area contributed by atoms with Gasteiger partial charge in [-0.25, -0.2) is 14.2 Å². The summed E-state index contributed by atoms with van der Waals surface area (Å²) in [7, 11) is 1.30. The number of aromatic nitrogens is 5. The Balaban J connectivity index is 1.53. The third-order valence-corrected chi connectivity index (χ3v) is 5.67. The number of methoxy groups -OCH3 is 1. The maximum atomic E-state index is 14.3. The molecule has 2 aromatic carbocycles. The van der Waals surface area contributed by atoms with Gasteiger partial charge in [-0.2, -0.15) is 14.8 Å². The molecule has 3 heterocycles. The van der Waals surface area contributed by atoms with E-state index in [2.05, 4.69) is 20.1 Å². The molecule has 0 aliphatic heterocycles. The minimum Gasteiger partial charge on any atom is -0.452 e. The van der Waals surface area contributed by atoms with E-state index in [0.29, 0.717) is 28.0 Å². The number of pyridine rings is 1. The van der Waals surface area contributed by atoms with Crippen LogP contribution in [0, 0.1) is 5.82 Å². The van der Waals surface area contributed by atoms with E-state index in [-0.39, 0.29) is 30.5 Å². The number of ether oxygens (including phenoxy) is 1. The lowest BCUT2D eigenvalue weighted by atomic mass is 10.1. The summed E-state index contributed by atoms with van der Waals surface area (Å²) in [6.45, 7) is 0.224. The molecule has 2 N–H and O–H groups in total. The molecule has 0 aliphatic carbocycles. The van der Waals surface area contributed by atoms with E-state index in [1.807, 2.05) is 36.4 Å². The number of nitrogen functional groups attached to an aromatic ring is 1. The van der Waals surface area contributed by atoms with Crippen molar-refractivity contribution in [2.45, 2.75) is 13.0 Å². The Morgan fingerprint density at radius 1 is 1.06 bits per heavy atom. The quantitative estimate of drug-likeness (QED) is 0.383. The second kappa shape index (κ2) is 9.79. The van der Waals surface area contributed by atoms with E-state index in [0.717, 1.165) is 5.56 Å². The Labute approximate surface area is 206 Å². The van der Waals surface area contributed by atoms with Crippen molar-refractivity contribution >= 4 is 28.6 Å². The second-order valence-corrected chi connectivity index (χ2v) is 7.98. The summed E-state index contributed by atoms with van der Waals surface area (Å²) in [6.07, 6.45) is 2.75. The van der Waals surface area contributed by atoms with Crippen LogP contribution in [0.25, 0.3) is 17.0 Å². The summed E-state index contributed by atoms with van der Waals surface area (Å²) < 4.78 is 20.8. The molecule has 3 aromatic heterocycles. The first-order chi connectivity index (χ1) is 17.5. The van der Waals surface area contributed by atoms with Crippen molar-refractivity contribution in [3.8, 4) is 5.95 Å². The zero-order valence-electron chi connectivity index (χ0n) is 19.4. The molecule has 0 aliphatic rings. The van der Waals surface area contributed by atoms with Gasteiger partial charge in [-0.15, -0.1) is 0 Å². The number of nitrogens with two attached hydrogens (primary N) is 1. The fraction of sp³-hybridized carbons (Fsp3) is 0.115. The van der Waals surface area contributed by atoms with E-state index >= 15 is 0 Å². The number of carbonyl (C=O) groups excluding carboxylic acids is 1. The fourth-order valence-corrected chi connectivity index (χ4v) is 3.92. The van der Waals surface area contributed by atoms with Crippen molar-refractivity contribution in [2.75, 3.05) is 17.7 Å². The molecule has 0 fully saturated rings. The van der Waals surface area contributed by atoms with Gasteiger partial charge in [-0.1, -0.05) is 48.5 Å². The number of benzene rings is 2. The van der Waals surface area contributed by atoms with E-state index in [9.17, 15) is 9.18 Å². The van der Waals surface area contributed by atoms with E-state index in [1.165, 1.54) is 29.0 Å². The van der Waals surface area contributed by atoms with Crippen molar-refractivity contribution in [2.24, 2.45) is 0 Å². The van der Waals surface area contributed by atoms with Crippen molar-refractivity contribution in [3.63, 3.8) is 0 Å². The van der Waals surface area contributed by atoms with Gasteiger partial charge in [0, 0.05) is 12.6 Å². The van der Waals surface area contributed by atoms with Crippen LogP contribution in [0.1, 0.15) is 16.8 Å². The Morgan fingerprint density at radius 3 is 2.58 bits per heavy atom. The summed E-state index contributed by atoms with van der Waals surface area (Å²) in [4.78, 5) is 27.2. The van der Waals surface area contributed by atoms with Crippen molar-refractivity contribution in [1.29, 1.82) is 0 Å². The van der Waals surface area contributed by atoms with Crippen LogP contribution in [0.2, 0.25) is 0 Å². The van der Waals surface area contributed by atoms with Crippen molar-refractivity contribution < 1.29 is 13.9 Å². The first kappa shape index (κ1) is 22.9. The molecule has 0 radical (unpaired) electrons. The summed E-state index contributed by atoms with van der Waals surface area (Å²) in [5.41, 5.74) is 9.80. The Morgan fingerprint density at radius 2 is 1.83 bits per heavy atom. The van der Waals surface area contributed by atoms with E-state index in [4.69, 9.17) is 10.5 Å². The summed E-state index contributed by atoms with van der Waals surface area (Å²) in [5.74, 6) is -0.0506. The predicted molar refractivity (Wildman–Crippen MR) is 133 cm³/mol.